The molecule has 3 aromatic rings. The second-order valence-corrected chi connectivity index (χ2v) is 6.46. The predicted octanol–water partition coefficient (Wildman–Crippen LogP) is 4.43. The van der Waals surface area contributed by atoms with Gasteiger partial charge >= 0.3 is 0 Å². The Kier molecular flexibility index (Phi) is 6.60. The highest BCUT2D eigenvalue weighted by Gasteiger charge is 2.10. The first-order valence-electron chi connectivity index (χ1n) is 9.13. The maximum absolute atomic E-state index is 12.3. The summed E-state index contributed by atoms with van der Waals surface area (Å²) in [4.78, 5) is 22.7. The lowest BCUT2D eigenvalue weighted by Crippen LogP contribution is -2.13. The molecule has 8 nitrogen and oxygen atoms in total. The first kappa shape index (κ1) is 21.1. The van der Waals surface area contributed by atoms with Crippen LogP contribution in [0.1, 0.15) is 11.1 Å². The smallest absolute Gasteiger partial charge is 0.269 e. The molecule has 1 amide bonds. The van der Waals surface area contributed by atoms with Crippen molar-refractivity contribution in [2.24, 2.45) is 0 Å². The van der Waals surface area contributed by atoms with Gasteiger partial charge in [-0.05, 0) is 53.6 Å². The van der Waals surface area contributed by atoms with Crippen LogP contribution in [-0.4, -0.2) is 15.9 Å². The minimum atomic E-state index is -0.570. The number of phenolic OH excluding ortho intramolecular Hbond substituents is 1. The van der Waals surface area contributed by atoms with Gasteiger partial charge in [-0.2, -0.15) is 5.26 Å². The molecule has 31 heavy (non-hydrogen) atoms. The van der Waals surface area contributed by atoms with E-state index in [1.807, 2.05) is 6.07 Å². The van der Waals surface area contributed by atoms with E-state index in [1.165, 1.54) is 42.5 Å². The number of benzene rings is 3. The quantitative estimate of drug-likeness (QED) is 0.193. The Hall–Kier alpha value is -4.64. The number of nitriles is 1. The number of carbonyl (C=O) groups is 1. The van der Waals surface area contributed by atoms with Gasteiger partial charge in [-0.15, -0.1) is 0 Å². The van der Waals surface area contributed by atoms with Gasteiger partial charge < -0.3 is 15.2 Å². The van der Waals surface area contributed by atoms with Crippen LogP contribution in [-0.2, 0) is 11.4 Å². The molecule has 0 aliphatic heterocycles. The average Bonchev–Trinajstić information content (AvgIpc) is 2.78. The van der Waals surface area contributed by atoms with E-state index in [2.05, 4.69) is 5.32 Å². The monoisotopic (exact) mass is 415 g/mol. The van der Waals surface area contributed by atoms with Crippen molar-refractivity contribution in [3.8, 4) is 17.6 Å². The molecule has 0 bridgehead atoms. The molecule has 8 heteroatoms. The lowest BCUT2D eigenvalue weighted by molar-refractivity contribution is -0.384. The third-order valence-electron chi connectivity index (χ3n) is 4.21. The first-order valence-corrected chi connectivity index (χ1v) is 9.13. The Morgan fingerprint density at radius 1 is 1.13 bits per heavy atom. The van der Waals surface area contributed by atoms with Gasteiger partial charge in [-0.3, -0.25) is 14.9 Å². The van der Waals surface area contributed by atoms with Gasteiger partial charge in [0.2, 0.25) is 0 Å². The molecular formula is C23H17N3O5. The lowest BCUT2D eigenvalue weighted by Gasteiger charge is -2.07. The summed E-state index contributed by atoms with van der Waals surface area (Å²) in [7, 11) is 0. The van der Waals surface area contributed by atoms with Gasteiger partial charge in [0, 0.05) is 17.8 Å². The summed E-state index contributed by atoms with van der Waals surface area (Å²) in [5.41, 5.74) is 1.65. The molecule has 0 radical (unpaired) electrons. The number of nitrogens with zero attached hydrogens (tertiary/aromatic N) is 2. The van der Waals surface area contributed by atoms with E-state index in [1.54, 1.807) is 36.4 Å². The van der Waals surface area contributed by atoms with Crippen molar-refractivity contribution in [2.45, 2.75) is 6.61 Å². The molecule has 0 aliphatic rings. The molecule has 0 aliphatic carbocycles. The van der Waals surface area contributed by atoms with Crippen LogP contribution in [0.15, 0.2) is 78.4 Å². The predicted molar refractivity (Wildman–Crippen MR) is 114 cm³/mol. The molecule has 0 saturated carbocycles. The van der Waals surface area contributed by atoms with E-state index >= 15 is 0 Å². The minimum Gasteiger partial charge on any atom is -0.508 e. The standard InChI is InChI=1S/C23H17N3O5/c24-14-18(23(28)25-19-6-8-21(27)9-7-19)12-16-4-10-22(11-5-16)31-15-17-2-1-3-20(13-17)26(29)30/h1-13,27H,15H2,(H,25,28)/b18-12+. The number of non-ortho nitro benzene ring substituents is 1. The first-order chi connectivity index (χ1) is 14.9. The van der Waals surface area contributed by atoms with Crippen LogP contribution in [0.2, 0.25) is 0 Å². The Labute approximate surface area is 177 Å². The molecule has 0 saturated heterocycles. The van der Waals surface area contributed by atoms with Crippen molar-refractivity contribution in [1.82, 2.24) is 0 Å². The highest BCUT2D eigenvalue weighted by atomic mass is 16.6. The molecule has 0 fully saturated rings. The Bertz CT molecular complexity index is 1160. The van der Waals surface area contributed by atoms with E-state index in [0.29, 0.717) is 22.6 Å². The van der Waals surface area contributed by atoms with Crippen molar-refractivity contribution >= 4 is 23.4 Å². The summed E-state index contributed by atoms with van der Waals surface area (Å²) < 4.78 is 5.64. The Balaban J connectivity index is 1.64. The summed E-state index contributed by atoms with van der Waals surface area (Å²) in [6, 6.07) is 20.7. The highest BCUT2D eigenvalue weighted by Crippen LogP contribution is 2.19. The number of nitro groups is 1. The van der Waals surface area contributed by atoms with E-state index in [4.69, 9.17) is 4.74 Å². The van der Waals surface area contributed by atoms with Crippen LogP contribution in [0.4, 0.5) is 11.4 Å². The van der Waals surface area contributed by atoms with E-state index in [-0.39, 0.29) is 23.6 Å². The third-order valence-corrected chi connectivity index (χ3v) is 4.21. The van der Waals surface area contributed by atoms with Crippen molar-refractivity contribution in [1.29, 1.82) is 5.26 Å². The fourth-order valence-electron chi connectivity index (χ4n) is 2.65. The third kappa shape index (κ3) is 5.92. The van der Waals surface area contributed by atoms with Crippen molar-refractivity contribution in [3.63, 3.8) is 0 Å². The molecule has 154 valence electrons. The Morgan fingerprint density at radius 3 is 2.48 bits per heavy atom. The fourth-order valence-corrected chi connectivity index (χ4v) is 2.65. The largest absolute Gasteiger partial charge is 0.508 e. The number of amides is 1. The Morgan fingerprint density at radius 2 is 1.84 bits per heavy atom. The zero-order chi connectivity index (χ0) is 22.2. The maximum Gasteiger partial charge on any atom is 0.269 e. The molecule has 0 atom stereocenters. The average molecular weight is 415 g/mol. The van der Waals surface area contributed by atoms with Crippen LogP contribution < -0.4 is 10.1 Å². The van der Waals surface area contributed by atoms with Crippen molar-refractivity contribution in [3.05, 3.63) is 99.6 Å². The number of nitrogens with one attached hydrogen (secondary N) is 1. The van der Waals surface area contributed by atoms with Crippen LogP contribution in [0.3, 0.4) is 0 Å². The maximum atomic E-state index is 12.3. The summed E-state index contributed by atoms with van der Waals surface area (Å²) in [6.07, 6.45) is 1.44. The zero-order valence-electron chi connectivity index (χ0n) is 16.2. The van der Waals surface area contributed by atoms with Gasteiger partial charge in [0.25, 0.3) is 11.6 Å². The number of anilines is 1. The van der Waals surface area contributed by atoms with Gasteiger partial charge in [0.1, 0.15) is 29.7 Å². The van der Waals surface area contributed by atoms with Gasteiger partial charge in [-0.25, -0.2) is 0 Å². The molecule has 0 heterocycles. The number of ether oxygens (including phenoxy) is 1. The lowest BCUT2D eigenvalue weighted by atomic mass is 10.1. The number of nitro benzene ring substituents is 1. The summed E-state index contributed by atoms with van der Waals surface area (Å²) in [5.74, 6) is 0.0386. The van der Waals surface area contributed by atoms with E-state index < -0.39 is 10.8 Å². The van der Waals surface area contributed by atoms with Crippen LogP contribution in [0.25, 0.3) is 6.08 Å². The molecule has 2 N–H and O–H groups in total. The molecule has 3 rings (SSSR count). The number of carbonyl (C=O) groups excluding carboxylic acids is 1. The minimum absolute atomic E-state index is 0.00352. The number of aromatic hydroxyl groups is 1. The normalized spacial score (nSPS) is 10.7. The molecule has 0 unspecified atom stereocenters. The molecule has 0 spiro atoms. The molecule has 0 aromatic heterocycles. The van der Waals surface area contributed by atoms with E-state index in [9.17, 15) is 25.3 Å². The molecular weight excluding hydrogens is 398 g/mol. The number of phenols is 1. The van der Waals surface area contributed by atoms with Crippen LogP contribution in [0, 0.1) is 21.4 Å². The number of hydrogen-bond acceptors (Lipinski definition) is 6. The summed E-state index contributed by atoms with van der Waals surface area (Å²) >= 11 is 0. The van der Waals surface area contributed by atoms with Gasteiger partial charge in [-0.1, -0.05) is 24.3 Å². The van der Waals surface area contributed by atoms with Crippen LogP contribution >= 0.6 is 0 Å². The summed E-state index contributed by atoms with van der Waals surface area (Å²) in [5, 5.41) is 32.0. The highest BCUT2D eigenvalue weighted by molar-refractivity contribution is 6.09. The second-order valence-electron chi connectivity index (χ2n) is 6.46. The number of rotatable bonds is 7. The van der Waals surface area contributed by atoms with Crippen molar-refractivity contribution < 1.29 is 19.6 Å². The summed E-state index contributed by atoms with van der Waals surface area (Å²) in [6.45, 7) is 0.162. The number of hydrogen-bond donors (Lipinski definition) is 2. The fraction of sp³-hybridized carbons (Fsp3) is 0.0435. The zero-order valence-corrected chi connectivity index (χ0v) is 16.2. The SMILES string of the molecule is N#C/C(=C\c1ccc(OCc2cccc([N+](=O)[O-])c2)cc1)C(=O)Nc1ccc(O)cc1. The topological polar surface area (TPSA) is 125 Å². The van der Waals surface area contributed by atoms with Gasteiger partial charge in [0.15, 0.2) is 0 Å². The van der Waals surface area contributed by atoms with Gasteiger partial charge in [0.05, 0.1) is 4.92 Å². The molecule has 3 aromatic carbocycles. The van der Waals surface area contributed by atoms with Crippen molar-refractivity contribution in [2.75, 3.05) is 5.32 Å². The van der Waals surface area contributed by atoms with E-state index in [0.717, 1.165) is 0 Å². The van der Waals surface area contributed by atoms with Crippen LogP contribution in [0.5, 0.6) is 11.5 Å². The second kappa shape index (κ2) is 9.71.